The van der Waals surface area contributed by atoms with Gasteiger partial charge < -0.3 is 0 Å². The molecule has 118 valence electrons. The van der Waals surface area contributed by atoms with Gasteiger partial charge in [-0.05, 0) is 41.6 Å². The second-order valence-corrected chi connectivity index (χ2v) is 5.66. The molecule has 7 heteroatoms. The number of aryl methyl sites for hydroxylation is 1. The minimum atomic E-state index is -1.13. The van der Waals surface area contributed by atoms with Gasteiger partial charge in [0.15, 0.2) is 17.5 Å². The molecule has 0 spiro atoms. The Morgan fingerprint density at radius 1 is 1.25 bits per heavy atom. The van der Waals surface area contributed by atoms with Crippen LogP contribution in [0.1, 0.15) is 27.7 Å². The first-order valence-corrected chi connectivity index (χ1v) is 7.52. The van der Waals surface area contributed by atoms with Crippen LogP contribution in [-0.2, 0) is 0 Å². The van der Waals surface area contributed by atoms with Crippen LogP contribution < -0.4 is 0 Å². The van der Waals surface area contributed by atoms with Crippen molar-refractivity contribution in [2.45, 2.75) is 12.8 Å². The van der Waals surface area contributed by atoms with Gasteiger partial charge in [-0.2, -0.15) is 9.94 Å². The molecule has 0 saturated carbocycles. The number of carbonyl (C=O) groups is 1. The lowest BCUT2D eigenvalue weighted by molar-refractivity contribution is 0.0975. The maximum Gasteiger partial charge on any atom is 0.187 e. The maximum atomic E-state index is 12.7. The van der Waals surface area contributed by atoms with Gasteiger partial charge in [0.1, 0.15) is 0 Å². The van der Waals surface area contributed by atoms with Crippen LogP contribution in [0, 0.1) is 18.3 Å². The van der Waals surface area contributed by atoms with Crippen LogP contribution in [0.5, 0.6) is 0 Å². The van der Waals surface area contributed by atoms with E-state index in [4.69, 9.17) is 11.6 Å². The van der Waals surface area contributed by atoms with Gasteiger partial charge in [-0.3, -0.25) is 4.79 Å². The molecule has 0 N–H and O–H groups in total. The number of rotatable bonds is 4. The SMILES string of the molecule is Cc1ccc(-n2nnnc2[C@H](C#N)C(=O)c2cccc(Cl)c2)cc1. The van der Waals surface area contributed by atoms with Crippen LogP contribution in [-0.4, -0.2) is 26.0 Å². The van der Waals surface area contributed by atoms with Crippen molar-refractivity contribution in [3.05, 3.63) is 70.5 Å². The number of Topliss-reactive ketones (excluding diaryl/α,β-unsaturated/α-hetero) is 1. The predicted molar refractivity (Wildman–Crippen MR) is 88.0 cm³/mol. The van der Waals surface area contributed by atoms with Gasteiger partial charge in [0.2, 0.25) is 0 Å². The average Bonchev–Trinajstić information content (AvgIpc) is 3.05. The largest absolute Gasteiger partial charge is 0.292 e. The Kier molecular flexibility index (Phi) is 4.36. The number of hydrogen-bond acceptors (Lipinski definition) is 5. The molecule has 0 saturated heterocycles. The minimum absolute atomic E-state index is 0.173. The molecular formula is C17H12ClN5O. The molecular weight excluding hydrogens is 326 g/mol. The number of nitrogens with zero attached hydrogens (tertiary/aromatic N) is 5. The summed E-state index contributed by atoms with van der Waals surface area (Å²) in [5.74, 6) is -1.35. The minimum Gasteiger partial charge on any atom is -0.292 e. The quantitative estimate of drug-likeness (QED) is 0.683. The smallest absolute Gasteiger partial charge is 0.187 e. The molecule has 3 rings (SSSR count). The van der Waals surface area contributed by atoms with Gasteiger partial charge in [0.05, 0.1) is 11.8 Å². The summed E-state index contributed by atoms with van der Waals surface area (Å²) in [4.78, 5) is 12.7. The highest BCUT2D eigenvalue weighted by atomic mass is 35.5. The zero-order chi connectivity index (χ0) is 17.1. The molecule has 0 bridgehead atoms. The molecule has 1 heterocycles. The Morgan fingerprint density at radius 2 is 2.00 bits per heavy atom. The van der Waals surface area contributed by atoms with Crippen LogP contribution in [0.15, 0.2) is 48.5 Å². The van der Waals surface area contributed by atoms with E-state index in [1.54, 1.807) is 18.2 Å². The van der Waals surface area contributed by atoms with Crippen molar-refractivity contribution < 1.29 is 4.79 Å². The van der Waals surface area contributed by atoms with Crippen LogP contribution in [0.2, 0.25) is 5.02 Å². The summed E-state index contributed by atoms with van der Waals surface area (Å²) in [7, 11) is 0. The average molecular weight is 338 g/mol. The van der Waals surface area contributed by atoms with Gasteiger partial charge in [-0.1, -0.05) is 41.4 Å². The summed E-state index contributed by atoms with van der Waals surface area (Å²) in [6, 6.07) is 15.9. The van der Waals surface area contributed by atoms with Gasteiger partial charge in [0.25, 0.3) is 0 Å². The number of carbonyl (C=O) groups excluding carboxylic acids is 1. The number of ketones is 1. The van der Waals surface area contributed by atoms with Crippen LogP contribution in [0.3, 0.4) is 0 Å². The number of nitriles is 1. The van der Waals surface area contributed by atoms with E-state index in [0.717, 1.165) is 5.56 Å². The molecule has 1 atom stereocenters. The Morgan fingerprint density at radius 3 is 2.67 bits per heavy atom. The molecule has 2 aromatic carbocycles. The highest BCUT2D eigenvalue weighted by Gasteiger charge is 2.28. The monoisotopic (exact) mass is 337 g/mol. The standard InChI is InChI=1S/C17H12ClN5O/c1-11-5-7-14(8-6-11)23-17(20-21-22-23)15(10-19)16(24)12-3-2-4-13(18)9-12/h2-9,15H,1H3/t15-/m1/s1. The van der Waals surface area contributed by atoms with Gasteiger partial charge in [-0.15, -0.1) is 5.10 Å². The first kappa shape index (κ1) is 15.8. The molecule has 0 unspecified atom stereocenters. The van der Waals surface area contributed by atoms with E-state index in [-0.39, 0.29) is 5.82 Å². The summed E-state index contributed by atoms with van der Waals surface area (Å²) in [5, 5.41) is 21.3. The lowest BCUT2D eigenvalue weighted by atomic mass is 9.98. The lowest BCUT2D eigenvalue weighted by Gasteiger charge is -2.09. The van der Waals surface area contributed by atoms with Crippen LogP contribution in [0.4, 0.5) is 0 Å². The van der Waals surface area contributed by atoms with Crippen molar-refractivity contribution in [3.8, 4) is 11.8 Å². The third-order valence-corrected chi connectivity index (χ3v) is 3.77. The highest BCUT2D eigenvalue weighted by Crippen LogP contribution is 2.22. The van der Waals surface area contributed by atoms with Crippen molar-refractivity contribution in [1.29, 1.82) is 5.26 Å². The second kappa shape index (κ2) is 6.60. The predicted octanol–water partition coefficient (Wildman–Crippen LogP) is 3.11. The molecule has 3 aromatic rings. The van der Waals surface area contributed by atoms with E-state index in [1.807, 2.05) is 37.3 Å². The third-order valence-electron chi connectivity index (χ3n) is 3.53. The highest BCUT2D eigenvalue weighted by molar-refractivity contribution is 6.31. The van der Waals surface area contributed by atoms with Gasteiger partial charge in [-0.25, -0.2) is 0 Å². The Balaban J connectivity index is 2.01. The Hall–Kier alpha value is -3.04. The summed E-state index contributed by atoms with van der Waals surface area (Å²) in [6.45, 7) is 1.96. The third kappa shape index (κ3) is 3.03. The van der Waals surface area contributed by atoms with E-state index in [2.05, 4.69) is 15.5 Å². The molecule has 0 aliphatic heterocycles. The number of benzene rings is 2. The fourth-order valence-corrected chi connectivity index (χ4v) is 2.48. The van der Waals surface area contributed by atoms with E-state index < -0.39 is 11.7 Å². The summed E-state index contributed by atoms with van der Waals surface area (Å²) in [5.41, 5.74) is 2.10. The summed E-state index contributed by atoms with van der Waals surface area (Å²) in [6.07, 6.45) is 0. The number of aromatic nitrogens is 4. The van der Waals surface area contributed by atoms with Crippen molar-refractivity contribution in [3.63, 3.8) is 0 Å². The molecule has 1 aromatic heterocycles. The maximum absolute atomic E-state index is 12.7. The zero-order valence-electron chi connectivity index (χ0n) is 12.7. The van der Waals surface area contributed by atoms with E-state index >= 15 is 0 Å². The van der Waals surface area contributed by atoms with Crippen LogP contribution >= 0.6 is 11.6 Å². The van der Waals surface area contributed by atoms with Gasteiger partial charge >= 0.3 is 0 Å². The van der Waals surface area contributed by atoms with Gasteiger partial charge in [0, 0.05) is 10.6 Å². The van der Waals surface area contributed by atoms with Crippen molar-refractivity contribution in [1.82, 2.24) is 20.2 Å². The van der Waals surface area contributed by atoms with E-state index in [0.29, 0.717) is 16.3 Å². The van der Waals surface area contributed by atoms with Crippen LogP contribution in [0.25, 0.3) is 5.69 Å². The van der Waals surface area contributed by atoms with Crippen molar-refractivity contribution >= 4 is 17.4 Å². The first-order chi connectivity index (χ1) is 11.6. The molecule has 0 amide bonds. The second-order valence-electron chi connectivity index (χ2n) is 5.22. The van der Waals surface area contributed by atoms with Crippen molar-refractivity contribution in [2.24, 2.45) is 0 Å². The number of tetrazole rings is 1. The molecule has 0 radical (unpaired) electrons. The molecule has 0 aliphatic rings. The van der Waals surface area contributed by atoms with E-state index in [1.165, 1.54) is 10.7 Å². The lowest BCUT2D eigenvalue weighted by Crippen LogP contribution is -2.16. The Labute approximate surface area is 143 Å². The fraction of sp³-hybridized carbons (Fsp3) is 0.118. The zero-order valence-corrected chi connectivity index (χ0v) is 13.5. The molecule has 0 aliphatic carbocycles. The van der Waals surface area contributed by atoms with Crippen molar-refractivity contribution in [2.75, 3.05) is 0 Å². The summed E-state index contributed by atoms with van der Waals surface area (Å²) >= 11 is 5.92. The number of halogens is 1. The van der Waals surface area contributed by atoms with E-state index in [9.17, 15) is 10.1 Å². The number of hydrogen-bond donors (Lipinski definition) is 0. The topological polar surface area (TPSA) is 84.5 Å². The first-order valence-electron chi connectivity index (χ1n) is 7.15. The Bertz CT molecular complexity index is 927. The fourth-order valence-electron chi connectivity index (χ4n) is 2.29. The summed E-state index contributed by atoms with van der Waals surface area (Å²) < 4.78 is 1.40. The molecule has 6 nitrogen and oxygen atoms in total. The normalized spacial score (nSPS) is 11.7. The molecule has 0 fully saturated rings. The molecule has 24 heavy (non-hydrogen) atoms.